The third kappa shape index (κ3) is 4.80. The predicted molar refractivity (Wildman–Crippen MR) is 94.5 cm³/mol. The fourth-order valence-electron chi connectivity index (χ4n) is 2.04. The molecule has 23 heavy (non-hydrogen) atoms. The molecule has 0 atom stereocenters. The molecule has 0 radical (unpaired) electrons. The van der Waals surface area contributed by atoms with Gasteiger partial charge in [0.2, 0.25) is 0 Å². The summed E-state index contributed by atoms with van der Waals surface area (Å²) < 4.78 is 5.81. The van der Waals surface area contributed by atoms with Crippen molar-refractivity contribution in [3.05, 3.63) is 42.7 Å². The standard InChI is InChI=1S/C16H18ClNO3S2/c1-4-12-10(2)7-13(23-12)16(20)21-9-15(19)18(3)8-11-5-6-14(17)22-11/h5-7H,4,8-9H2,1-3H3. The maximum atomic E-state index is 12.0. The third-order valence-corrected chi connectivity index (χ3v) is 5.89. The molecule has 7 heteroatoms. The molecule has 4 nitrogen and oxygen atoms in total. The first-order chi connectivity index (χ1) is 10.9. The first-order valence-electron chi connectivity index (χ1n) is 7.15. The van der Waals surface area contributed by atoms with Crippen LogP contribution in [0, 0.1) is 6.92 Å². The van der Waals surface area contributed by atoms with E-state index in [-0.39, 0.29) is 12.5 Å². The molecule has 0 aliphatic carbocycles. The van der Waals surface area contributed by atoms with Gasteiger partial charge in [-0.3, -0.25) is 4.79 Å². The van der Waals surface area contributed by atoms with E-state index in [1.165, 1.54) is 27.6 Å². The molecule has 0 spiro atoms. The zero-order valence-corrected chi connectivity index (χ0v) is 15.6. The lowest BCUT2D eigenvalue weighted by atomic mass is 10.2. The van der Waals surface area contributed by atoms with Gasteiger partial charge in [0.15, 0.2) is 6.61 Å². The number of hydrogen-bond acceptors (Lipinski definition) is 5. The average Bonchev–Trinajstić information content (AvgIpc) is 3.09. The summed E-state index contributed by atoms with van der Waals surface area (Å²) in [5.41, 5.74) is 1.09. The van der Waals surface area contributed by atoms with Crippen LogP contribution in [0.25, 0.3) is 0 Å². The van der Waals surface area contributed by atoms with Gasteiger partial charge < -0.3 is 9.64 Å². The topological polar surface area (TPSA) is 46.6 Å². The summed E-state index contributed by atoms with van der Waals surface area (Å²) in [5, 5.41) is 0. The van der Waals surface area contributed by atoms with Gasteiger partial charge in [0.1, 0.15) is 4.88 Å². The van der Waals surface area contributed by atoms with Crippen LogP contribution < -0.4 is 0 Å². The Morgan fingerprint density at radius 2 is 2.04 bits per heavy atom. The minimum absolute atomic E-state index is 0.244. The molecule has 2 aromatic rings. The van der Waals surface area contributed by atoms with Crippen LogP contribution in [0.15, 0.2) is 18.2 Å². The Morgan fingerprint density at radius 1 is 1.30 bits per heavy atom. The maximum absolute atomic E-state index is 12.0. The second-order valence-electron chi connectivity index (χ2n) is 5.10. The summed E-state index contributed by atoms with van der Waals surface area (Å²) in [7, 11) is 1.67. The molecule has 2 heterocycles. The van der Waals surface area contributed by atoms with Crippen LogP contribution in [-0.4, -0.2) is 30.4 Å². The van der Waals surface area contributed by atoms with Gasteiger partial charge >= 0.3 is 5.97 Å². The van der Waals surface area contributed by atoms with Crippen molar-refractivity contribution >= 4 is 46.2 Å². The van der Waals surface area contributed by atoms with Gasteiger partial charge in [-0.25, -0.2) is 4.79 Å². The third-order valence-electron chi connectivity index (χ3n) is 3.32. The van der Waals surface area contributed by atoms with E-state index >= 15 is 0 Å². The Balaban J connectivity index is 1.86. The van der Waals surface area contributed by atoms with Crippen molar-refractivity contribution in [3.8, 4) is 0 Å². The van der Waals surface area contributed by atoms with Gasteiger partial charge in [0.25, 0.3) is 5.91 Å². The van der Waals surface area contributed by atoms with Gasteiger partial charge in [0.05, 0.1) is 10.9 Å². The number of carbonyl (C=O) groups excluding carboxylic acids is 2. The van der Waals surface area contributed by atoms with Crippen LogP contribution in [0.5, 0.6) is 0 Å². The Morgan fingerprint density at radius 3 is 2.61 bits per heavy atom. The number of halogens is 1. The quantitative estimate of drug-likeness (QED) is 0.716. The van der Waals surface area contributed by atoms with E-state index in [4.69, 9.17) is 16.3 Å². The van der Waals surface area contributed by atoms with Crippen molar-refractivity contribution < 1.29 is 14.3 Å². The highest BCUT2D eigenvalue weighted by Crippen LogP contribution is 2.24. The Hall–Kier alpha value is -1.37. The lowest BCUT2D eigenvalue weighted by Gasteiger charge is -2.15. The van der Waals surface area contributed by atoms with Gasteiger partial charge in [-0.2, -0.15) is 0 Å². The number of likely N-dealkylation sites (N-methyl/N-ethyl adjacent to an activating group) is 1. The Labute approximate surface area is 148 Å². The minimum Gasteiger partial charge on any atom is -0.451 e. The zero-order chi connectivity index (χ0) is 17.0. The van der Waals surface area contributed by atoms with Crippen molar-refractivity contribution in [2.45, 2.75) is 26.8 Å². The van der Waals surface area contributed by atoms with Crippen LogP contribution in [0.4, 0.5) is 0 Å². The molecule has 0 aliphatic heterocycles. The van der Waals surface area contributed by atoms with Crippen LogP contribution in [-0.2, 0) is 22.5 Å². The van der Waals surface area contributed by atoms with Gasteiger partial charge in [-0.1, -0.05) is 18.5 Å². The van der Waals surface area contributed by atoms with Crippen LogP contribution in [0.1, 0.15) is 31.9 Å². The molecule has 0 N–H and O–H groups in total. The fourth-order valence-corrected chi connectivity index (χ4v) is 4.19. The molecule has 0 unspecified atom stereocenters. The van der Waals surface area contributed by atoms with E-state index in [2.05, 4.69) is 0 Å². The average molecular weight is 372 g/mol. The predicted octanol–water partition coefficient (Wildman–Crippen LogP) is 4.15. The van der Waals surface area contributed by atoms with Crippen LogP contribution in [0.2, 0.25) is 4.34 Å². The number of hydrogen-bond donors (Lipinski definition) is 0. The van der Waals surface area contributed by atoms with E-state index in [1.807, 2.05) is 26.0 Å². The monoisotopic (exact) mass is 371 g/mol. The number of ether oxygens (including phenoxy) is 1. The summed E-state index contributed by atoms with van der Waals surface area (Å²) in [6, 6.07) is 5.49. The molecule has 0 aliphatic rings. The van der Waals surface area contributed by atoms with E-state index in [9.17, 15) is 9.59 Å². The second-order valence-corrected chi connectivity index (χ2v) is 8.04. The number of amides is 1. The molecular formula is C16H18ClNO3S2. The SMILES string of the molecule is CCc1sc(C(=O)OCC(=O)N(C)Cc2ccc(Cl)s2)cc1C. The van der Waals surface area contributed by atoms with Crippen LogP contribution in [0.3, 0.4) is 0 Å². The second kappa shape index (κ2) is 7.95. The highest BCUT2D eigenvalue weighted by atomic mass is 35.5. The number of esters is 1. The molecule has 0 saturated carbocycles. The first kappa shape index (κ1) is 18.0. The number of rotatable bonds is 6. The fraction of sp³-hybridized carbons (Fsp3) is 0.375. The molecule has 0 aromatic carbocycles. The largest absolute Gasteiger partial charge is 0.451 e. The van der Waals surface area contributed by atoms with Crippen molar-refractivity contribution in [1.29, 1.82) is 0 Å². The molecule has 124 valence electrons. The zero-order valence-electron chi connectivity index (χ0n) is 13.2. The summed E-state index contributed by atoms with van der Waals surface area (Å²) in [6.07, 6.45) is 0.884. The Bertz CT molecular complexity index is 708. The molecular weight excluding hydrogens is 354 g/mol. The lowest BCUT2D eigenvalue weighted by Crippen LogP contribution is -2.30. The highest BCUT2D eigenvalue weighted by Gasteiger charge is 2.17. The molecule has 0 saturated heterocycles. The van der Waals surface area contributed by atoms with Crippen molar-refractivity contribution in [1.82, 2.24) is 4.90 Å². The summed E-state index contributed by atoms with van der Waals surface area (Å²) in [6.45, 7) is 4.21. The highest BCUT2D eigenvalue weighted by molar-refractivity contribution is 7.16. The first-order valence-corrected chi connectivity index (χ1v) is 9.16. The summed E-state index contributed by atoms with van der Waals surface area (Å²) in [4.78, 5) is 28.3. The Kier molecular flexibility index (Phi) is 6.21. The summed E-state index contributed by atoms with van der Waals surface area (Å²) >= 11 is 8.72. The number of carbonyl (C=O) groups is 2. The van der Waals surface area contributed by atoms with Gasteiger partial charge in [-0.05, 0) is 37.1 Å². The van der Waals surface area contributed by atoms with Gasteiger partial charge in [0, 0.05) is 16.8 Å². The number of nitrogens with zero attached hydrogens (tertiary/aromatic N) is 1. The lowest BCUT2D eigenvalue weighted by molar-refractivity contribution is -0.133. The molecule has 0 fully saturated rings. The van der Waals surface area contributed by atoms with E-state index in [0.717, 1.165) is 21.7 Å². The number of aryl methyl sites for hydroxylation is 2. The van der Waals surface area contributed by atoms with Gasteiger partial charge in [-0.15, -0.1) is 22.7 Å². The number of thiophene rings is 2. The summed E-state index contributed by atoms with van der Waals surface area (Å²) in [5.74, 6) is -0.689. The molecule has 1 amide bonds. The van der Waals surface area contributed by atoms with Crippen molar-refractivity contribution in [3.63, 3.8) is 0 Å². The smallest absolute Gasteiger partial charge is 0.348 e. The van der Waals surface area contributed by atoms with Crippen molar-refractivity contribution in [2.75, 3.05) is 13.7 Å². The van der Waals surface area contributed by atoms with E-state index in [1.54, 1.807) is 13.1 Å². The minimum atomic E-state index is -0.446. The van der Waals surface area contributed by atoms with E-state index in [0.29, 0.717) is 15.8 Å². The molecule has 2 rings (SSSR count). The van der Waals surface area contributed by atoms with E-state index < -0.39 is 5.97 Å². The van der Waals surface area contributed by atoms with Crippen molar-refractivity contribution in [2.24, 2.45) is 0 Å². The normalized spacial score (nSPS) is 10.6. The van der Waals surface area contributed by atoms with Crippen LogP contribution >= 0.6 is 34.3 Å². The molecule has 2 aromatic heterocycles. The maximum Gasteiger partial charge on any atom is 0.348 e. The molecule has 0 bridgehead atoms.